The average Bonchev–Trinajstić information content (AvgIpc) is 2.86. The Hall–Kier alpha value is -1.32. The van der Waals surface area contributed by atoms with Crippen molar-refractivity contribution in [3.8, 4) is 0 Å². The smallest absolute Gasteiger partial charge is 0.345 e. The molecule has 0 saturated heterocycles. The van der Waals surface area contributed by atoms with Gasteiger partial charge in [-0.3, -0.25) is 4.79 Å². The molecule has 36 heavy (non-hydrogen) atoms. The highest BCUT2D eigenvalue weighted by Crippen LogP contribution is 2.15. The lowest BCUT2D eigenvalue weighted by Crippen LogP contribution is -2.27. The SMILES string of the molecule is CCCCCCCCC=CCCCCCCCC(=O)OC(CCCCCCCCCCCC)C(=O)O. The van der Waals surface area contributed by atoms with Gasteiger partial charge in [0.2, 0.25) is 0 Å². The molecule has 0 fully saturated rings. The predicted octanol–water partition coefficient (Wildman–Crippen LogP) is 10.3. The highest BCUT2D eigenvalue weighted by Gasteiger charge is 2.21. The van der Waals surface area contributed by atoms with Gasteiger partial charge < -0.3 is 9.84 Å². The van der Waals surface area contributed by atoms with E-state index < -0.39 is 12.1 Å². The highest BCUT2D eigenvalue weighted by molar-refractivity contribution is 5.77. The molecule has 0 spiro atoms. The van der Waals surface area contributed by atoms with Gasteiger partial charge in [-0.2, -0.15) is 0 Å². The molecule has 4 heteroatoms. The minimum Gasteiger partial charge on any atom is -0.479 e. The Balaban J connectivity index is 3.59. The summed E-state index contributed by atoms with van der Waals surface area (Å²) in [6.07, 6.45) is 32.3. The molecular weight excluding hydrogens is 448 g/mol. The summed E-state index contributed by atoms with van der Waals surface area (Å²) in [7, 11) is 0. The lowest BCUT2D eigenvalue weighted by Gasteiger charge is -2.13. The molecule has 1 N–H and O–H groups in total. The Morgan fingerprint density at radius 2 is 0.972 bits per heavy atom. The molecule has 4 nitrogen and oxygen atoms in total. The lowest BCUT2D eigenvalue weighted by molar-refractivity contribution is -0.164. The van der Waals surface area contributed by atoms with Gasteiger partial charge in [0.15, 0.2) is 6.10 Å². The number of hydrogen-bond acceptors (Lipinski definition) is 3. The van der Waals surface area contributed by atoms with Gasteiger partial charge >= 0.3 is 11.9 Å². The van der Waals surface area contributed by atoms with Crippen LogP contribution in [0, 0.1) is 0 Å². The Bertz CT molecular complexity index is 514. The van der Waals surface area contributed by atoms with Crippen molar-refractivity contribution in [1.82, 2.24) is 0 Å². The molecule has 0 aromatic rings. The number of carboxylic acid groups (broad SMARTS) is 1. The molecule has 0 heterocycles. The topological polar surface area (TPSA) is 63.6 Å². The van der Waals surface area contributed by atoms with Crippen molar-refractivity contribution in [3.63, 3.8) is 0 Å². The largest absolute Gasteiger partial charge is 0.479 e. The molecule has 0 aliphatic rings. The average molecular weight is 509 g/mol. The first-order valence-corrected chi connectivity index (χ1v) is 15.7. The molecule has 0 aliphatic carbocycles. The second-order valence-electron chi connectivity index (χ2n) is 10.6. The fourth-order valence-corrected chi connectivity index (χ4v) is 4.61. The molecule has 0 aromatic heterocycles. The Labute approximate surface area is 224 Å². The molecular formula is C32H60O4. The zero-order valence-corrected chi connectivity index (χ0v) is 24.1. The summed E-state index contributed by atoms with van der Waals surface area (Å²) in [5.74, 6) is -1.36. The van der Waals surface area contributed by atoms with Gasteiger partial charge in [-0.05, 0) is 44.9 Å². The van der Waals surface area contributed by atoms with Crippen molar-refractivity contribution in [2.24, 2.45) is 0 Å². The molecule has 0 amide bonds. The number of unbranched alkanes of at least 4 members (excludes halogenated alkanes) is 20. The van der Waals surface area contributed by atoms with E-state index in [9.17, 15) is 14.7 Å². The van der Waals surface area contributed by atoms with Gasteiger partial charge in [-0.1, -0.05) is 135 Å². The van der Waals surface area contributed by atoms with Gasteiger partial charge in [0.1, 0.15) is 0 Å². The van der Waals surface area contributed by atoms with E-state index in [1.807, 2.05) is 0 Å². The summed E-state index contributed by atoms with van der Waals surface area (Å²) < 4.78 is 5.27. The fraction of sp³-hybridized carbons (Fsp3) is 0.875. The van der Waals surface area contributed by atoms with Crippen LogP contribution in [0.1, 0.15) is 174 Å². The molecule has 212 valence electrons. The third kappa shape index (κ3) is 25.8. The zero-order chi connectivity index (χ0) is 26.5. The van der Waals surface area contributed by atoms with Crippen LogP contribution in [0.15, 0.2) is 12.2 Å². The summed E-state index contributed by atoms with van der Waals surface area (Å²) >= 11 is 0. The van der Waals surface area contributed by atoms with Crippen LogP contribution in [-0.4, -0.2) is 23.1 Å². The van der Waals surface area contributed by atoms with Crippen LogP contribution in [0.5, 0.6) is 0 Å². The third-order valence-corrected chi connectivity index (χ3v) is 7.01. The molecule has 0 aliphatic heterocycles. The zero-order valence-electron chi connectivity index (χ0n) is 24.1. The molecule has 0 saturated carbocycles. The normalized spacial score (nSPS) is 12.3. The number of rotatable bonds is 28. The van der Waals surface area contributed by atoms with Crippen molar-refractivity contribution >= 4 is 11.9 Å². The Morgan fingerprint density at radius 1 is 0.583 bits per heavy atom. The number of esters is 1. The van der Waals surface area contributed by atoms with Crippen molar-refractivity contribution in [2.75, 3.05) is 0 Å². The maximum Gasteiger partial charge on any atom is 0.345 e. The first-order valence-electron chi connectivity index (χ1n) is 15.7. The van der Waals surface area contributed by atoms with E-state index in [-0.39, 0.29) is 5.97 Å². The quantitative estimate of drug-likeness (QED) is 0.0648. The van der Waals surface area contributed by atoms with E-state index in [1.165, 1.54) is 103 Å². The number of allylic oxidation sites excluding steroid dienone is 2. The summed E-state index contributed by atoms with van der Waals surface area (Å²) in [5, 5.41) is 9.39. The number of hydrogen-bond donors (Lipinski definition) is 1. The second kappa shape index (κ2) is 28.3. The maximum absolute atomic E-state index is 12.1. The Morgan fingerprint density at radius 3 is 1.42 bits per heavy atom. The number of carbonyl (C=O) groups excluding carboxylic acids is 1. The van der Waals surface area contributed by atoms with E-state index in [0.29, 0.717) is 12.8 Å². The second-order valence-corrected chi connectivity index (χ2v) is 10.6. The summed E-state index contributed by atoms with van der Waals surface area (Å²) in [6.45, 7) is 4.50. The van der Waals surface area contributed by atoms with Gasteiger partial charge in [-0.25, -0.2) is 4.79 Å². The van der Waals surface area contributed by atoms with Crippen LogP contribution in [0.2, 0.25) is 0 Å². The number of carboxylic acids is 1. The lowest BCUT2D eigenvalue weighted by atomic mass is 10.0. The number of carbonyl (C=O) groups is 2. The van der Waals surface area contributed by atoms with Crippen LogP contribution >= 0.6 is 0 Å². The highest BCUT2D eigenvalue weighted by atomic mass is 16.6. The van der Waals surface area contributed by atoms with Crippen LogP contribution < -0.4 is 0 Å². The van der Waals surface area contributed by atoms with E-state index in [1.54, 1.807) is 0 Å². The van der Waals surface area contributed by atoms with Gasteiger partial charge in [0.05, 0.1) is 0 Å². The first kappa shape index (κ1) is 34.7. The summed E-state index contributed by atoms with van der Waals surface area (Å²) in [5.41, 5.74) is 0. The minimum absolute atomic E-state index is 0.333. The van der Waals surface area contributed by atoms with Crippen molar-refractivity contribution in [2.45, 2.75) is 180 Å². The van der Waals surface area contributed by atoms with Crippen LogP contribution in [0.25, 0.3) is 0 Å². The molecule has 1 atom stereocenters. The van der Waals surface area contributed by atoms with Gasteiger partial charge in [-0.15, -0.1) is 0 Å². The fourth-order valence-electron chi connectivity index (χ4n) is 4.61. The standard InChI is InChI=1S/C32H60O4/c1-3-5-7-9-11-13-15-16-17-18-19-21-23-25-27-29-31(33)36-30(32(34)35)28-26-24-22-20-14-12-10-8-6-4-2/h16-17,30H,3-15,18-29H2,1-2H3,(H,34,35). The van der Waals surface area contributed by atoms with Crippen LogP contribution in [-0.2, 0) is 14.3 Å². The molecule has 1 unspecified atom stereocenters. The first-order chi connectivity index (χ1) is 17.6. The molecule has 0 rings (SSSR count). The van der Waals surface area contributed by atoms with Crippen LogP contribution in [0.4, 0.5) is 0 Å². The van der Waals surface area contributed by atoms with Crippen molar-refractivity contribution in [3.05, 3.63) is 12.2 Å². The summed E-state index contributed by atoms with van der Waals surface area (Å²) in [6, 6.07) is 0. The van der Waals surface area contributed by atoms with Gasteiger partial charge in [0, 0.05) is 6.42 Å². The van der Waals surface area contributed by atoms with E-state index in [4.69, 9.17) is 4.74 Å². The predicted molar refractivity (Wildman–Crippen MR) is 153 cm³/mol. The van der Waals surface area contributed by atoms with Crippen molar-refractivity contribution < 1.29 is 19.4 Å². The third-order valence-electron chi connectivity index (χ3n) is 7.01. The number of ether oxygens (including phenoxy) is 1. The number of aliphatic carboxylic acids is 1. The van der Waals surface area contributed by atoms with E-state index in [0.717, 1.165) is 44.9 Å². The Kier molecular flexibility index (Phi) is 27.2. The maximum atomic E-state index is 12.1. The monoisotopic (exact) mass is 508 g/mol. The van der Waals surface area contributed by atoms with Gasteiger partial charge in [0.25, 0.3) is 0 Å². The molecule has 0 bridgehead atoms. The van der Waals surface area contributed by atoms with Crippen molar-refractivity contribution in [1.29, 1.82) is 0 Å². The molecule has 0 aromatic carbocycles. The molecule has 0 radical (unpaired) electrons. The summed E-state index contributed by atoms with van der Waals surface area (Å²) in [4.78, 5) is 23.5. The minimum atomic E-state index is -1.01. The van der Waals surface area contributed by atoms with E-state index >= 15 is 0 Å². The van der Waals surface area contributed by atoms with E-state index in [2.05, 4.69) is 26.0 Å². The van der Waals surface area contributed by atoms with Crippen LogP contribution in [0.3, 0.4) is 0 Å².